The van der Waals surface area contributed by atoms with E-state index in [9.17, 15) is 14.9 Å². The molecule has 6 nitrogen and oxygen atoms in total. The number of nitrogens with zero attached hydrogens (tertiary/aromatic N) is 2. The average molecular weight is 306 g/mol. The predicted molar refractivity (Wildman–Crippen MR) is 80.7 cm³/mol. The van der Waals surface area contributed by atoms with Crippen molar-refractivity contribution >= 4 is 28.0 Å². The van der Waals surface area contributed by atoms with E-state index in [1.54, 1.807) is 6.07 Å². The van der Waals surface area contributed by atoms with Gasteiger partial charge in [-0.05, 0) is 18.2 Å². The number of benzene rings is 1. The Kier molecular flexibility index (Phi) is 4.89. The molecule has 0 amide bonds. The van der Waals surface area contributed by atoms with Crippen molar-refractivity contribution in [2.45, 2.75) is 13.0 Å². The molecule has 2 rings (SSSR count). The molecule has 0 aliphatic heterocycles. The normalized spacial score (nSPS) is 10.3. The van der Waals surface area contributed by atoms with Crippen molar-refractivity contribution in [3.63, 3.8) is 0 Å². The number of thiophene rings is 1. The average Bonchev–Trinajstić information content (AvgIpc) is 2.93. The summed E-state index contributed by atoms with van der Waals surface area (Å²) in [6, 6.07) is 12.6. The highest BCUT2D eigenvalue weighted by Crippen LogP contribution is 2.26. The van der Waals surface area contributed by atoms with Crippen LogP contribution in [-0.2, 0) is 11.3 Å². The number of carboxylic acids is 1. The van der Waals surface area contributed by atoms with Crippen LogP contribution in [0.5, 0.6) is 0 Å². The molecule has 2 aromatic rings. The minimum atomic E-state index is -0.868. The Morgan fingerprint density at radius 1 is 1.24 bits per heavy atom. The molecule has 110 valence electrons. The third kappa shape index (κ3) is 4.28. The van der Waals surface area contributed by atoms with Crippen LogP contribution in [-0.4, -0.2) is 22.5 Å². The Hall–Kier alpha value is -2.41. The third-order valence-corrected chi connectivity index (χ3v) is 3.91. The SMILES string of the molecule is O=C(O)CCN(Cc1ccc([N+](=O)[O-])s1)c1ccccc1. The van der Waals surface area contributed by atoms with Crippen LogP contribution in [0, 0.1) is 10.1 Å². The second-order valence-corrected chi connectivity index (χ2v) is 5.54. The van der Waals surface area contributed by atoms with Crippen molar-refractivity contribution in [2.75, 3.05) is 11.4 Å². The first-order chi connectivity index (χ1) is 10.1. The van der Waals surface area contributed by atoms with Gasteiger partial charge in [-0.25, -0.2) is 0 Å². The van der Waals surface area contributed by atoms with Gasteiger partial charge in [-0.1, -0.05) is 29.5 Å². The van der Waals surface area contributed by atoms with E-state index in [2.05, 4.69) is 0 Å². The molecule has 0 fully saturated rings. The summed E-state index contributed by atoms with van der Waals surface area (Å²) in [4.78, 5) is 23.8. The molecule has 0 aliphatic carbocycles. The van der Waals surface area contributed by atoms with E-state index in [-0.39, 0.29) is 11.4 Å². The van der Waals surface area contributed by atoms with Crippen LogP contribution in [0.3, 0.4) is 0 Å². The lowest BCUT2D eigenvalue weighted by atomic mass is 10.2. The third-order valence-electron chi connectivity index (χ3n) is 2.89. The summed E-state index contributed by atoms with van der Waals surface area (Å²) in [5.41, 5.74) is 0.898. The highest BCUT2D eigenvalue weighted by molar-refractivity contribution is 7.15. The summed E-state index contributed by atoms with van der Waals surface area (Å²) in [6.07, 6.45) is 0.0162. The zero-order valence-electron chi connectivity index (χ0n) is 11.1. The predicted octanol–water partition coefficient (Wildman–Crippen LogP) is 3.14. The molecular formula is C14H14N2O4S. The number of rotatable bonds is 7. The topological polar surface area (TPSA) is 83.7 Å². The van der Waals surface area contributed by atoms with Gasteiger partial charge in [-0.3, -0.25) is 14.9 Å². The first kappa shape index (κ1) is 15.0. The van der Waals surface area contributed by atoms with Gasteiger partial charge >= 0.3 is 11.0 Å². The monoisotopic (exact) mass is 306 g/mol. The van der Waals surface area contributed by atoms with E-state index in [0.29, 0.717) is 13.1 Å². The summed E-state index contributed by atoms with van der Waals surface area (Å²) < 4.78 is 0. The van der Waals surface area contributed by atoms with Crippen molar-refractivity contribution in [2.24, 2.45) is 0 Å². The molecule has 1 aromatic carbocycles. The molecule has 1 heterocycles. The number of hydrogen-bond acceptors (Lipinski definition) is 5. The Labute approximate surface area is 125 Å². The molecule has 0 aliphatic rings. The molecule has 0 saturated heterocycles. The van der Waals surface area contributed by atoms with Crippen LogP contribution < -0.4 is 4.90 Å². The van der Waals surface area contributed by atoms with E-state index < -0.39 is 10.9 Å². The van der Waals surface area contributed by atoms with Gasteiger partial charge in [0.15, 0.2) is 0 Å². The molecule has 0 unspecified atom stereocenters. The van der Waals surface area contributed by atoms with Gasteiger partial charge in [-0.15, -0.1) is 0 Å². The number of carboxylic acid groups (broad SMARTS) is 1. The summed E-state index contributed by atoms with van der Waals surface area (Å²) in [5.74, 6) is -0.868. The van der Waals surface area contributed by atoms with Gasteiger partial charge in [0.25, 0.3) is 0 Å². The Balaban J connectivity index is 2.14. The van der Waals surface area contributed by atoms with Gasteiger partial charge in [0, 0.05) is 23.2 Å². The van der Waals surface area contributed by atoms with Crippen LogP contribution >= 0.6 is 11.3 Å². The lowest BCUT2D eigenvalue weighted by Crippen LogP contribution is -2.25. The summed E-state index contributed by atoms with van der Waals surface area (Å²) in [6.45, 7) is 0.806. The van der Waals surface area contributed by atoms with Gasteiger partial charge in [0.05, 0.1) is 17.9 Å². The maximum absolute atomic E-state index is 10.8. The molecule has 0 atom stereocenters. The number of hydrogen-bond donors (Lipinski definition) is 1. The van der Waals surface area contributed by atoms with Crippen LogP contribution in [0.4, 0.5) is 10.7 Å². The van der Waals surface area contributed by atoms with Crippen molar-refractivity contribution in [3.8, 4) is 0 Å². The fraction of sp³-hybridized carbons (Fsp3) is 0.214. The second-order valence-electron chi connectivity index (χ2n) is 4.40. The fourth-order valence-corrected chi connectivity index (χ4v) is 2.74. The van der Waals surface area contributed by atoms with E-state index in [1.807, 2.05) is 35.2 Å². The van der Waals surface area contributed by atoms with Crippen LogP contribution in [0.15, 0.2) is 42.5 Å². The number of anilines is 1. The maximum atomic E-state index is 10.8. The molecule has 0 spiro atoms. The number of carbonyl (C=O) groups is 1. The molecule has 0 bridgehead atoms. The van der Waals surface area contributed by atoms with Gasteiger partial charge in [0.1, 0.15) is 0 Å². The molecule has 0 saturated carbocycles. The van der Waals surface area contributed by atoms with E-state index in [0.717, 1.165) is 21.9 Å². The molecule has 1 N–H and O–H groups in total. The Morgan fingerprint density at radius 2 is 1.95 bits per heavy atom. The fourth-order valence-electron chi connectivity index (χ4n) is 1.91. The van der Waals surface area contributed by atoms with Crippen molar-refractivity contribution in [3.05, 3.63) is 57.5 Å². The largest absolute Gasteiger partial charge is 0.481 e. The molecular weight excluding hydrogens is 292 g/mol. The standard InChI is InChI=1S/C14H14N2O4S/c17-14(18)8-9-15(11-4-2-1-3-5-11)10-12-6-7-13(21-12)16(19)20/h1-7H,8-10H2,(H,17,18). The summed E-state index contributed by atoms with van der Waals surface area (Å²) in [5, 5.41) is 19.6. The quantitative estimate of drug-likeness (QED) is 0.627. The maximum Gasteiger partial charge on any atom is 0.324 e. The van der Waals surface area contributed by atoms with E-state index >= 15 is 0 Å². The zero-order chi connectivity index (χ0) is 15.2. The number of aliphatic carboxylic acids is 1. The van der Waals surface area contributed by atoms with Gasteiger partial charge in [-0.2, -0.15) is 0 Å². The lowest BCUT2D eigenvalue weighted by molar-refractivity contribution is -0.380. The number of para-hydroxylation sites is 1. The van der Waals surface area contributed by atoms with E-state index in [1.165, 1.54) is 6.07 Å². The van der Waals surface area contributed by atoms with Crippen LogP contribution in [0.1, 0.15) is 11.3 Å². The number of nitro groups is 1. The van der Waals surface area contributed by atoms with E-state index in [4.69, 9.17) is 5.11 Å². The molecule has 7 heteroatoms. The molecule has 1 aromatic heterocycles. The van der Waals surface area contributed by atoms with Crippen molar-refractivity contribution in [1.82, 2.24) is 0 Å². The van der Waals surface area contributed by atoms with Crippen molar-refractivity contribution in [1.29, 1.82) is 0 Å². The second kappa shape index (κ2) is 6.85. The highest BCUT2D eigenvalue weighted by atomic mass is 32.1. The first-order valence-corrected chi connectivity index (χ1v) is 7.13. The van der Waals surface area contributed by atoms with Crippen molar-refractivity contribution < 1.29 is 14.8 Å². The van der Waals surface area contributed by atoms with Gasteiger partial charge in [0.2, 0.25) is 0 Å². The minimum Gasteiger partial charge on any atom is -0.481 e. The summed E-state index contributed by atoms with van der Waals surface area (Å²) >= 11 is 1.11. The highest BCUT2D eigenvalue weighted by Gasteiger charge is 2.14. The Bertz CT molecular complexity index is 627. The smallest absolute Gasteiger partial charge is 0.324 e. The van der Waals surface area contributed by atoms with Crippen LogP contribution in [0.2, 0.25) is 0 Å². The summed E-state index contributed by atoms with van der Waals surface area (Å²) in [7, 11) is 0. The molecule has 0 radical (unpaired) electrons. The minimum absolute atomic E-state index is 0.0162. The zero-order valence-corrected chi connectivity index (χ0v) is 12.0. The van der Waals surface area contributed by atoms with Gasteiger partial charge < -0.3 is 10.0 Å². The van der Waals surface area contributed by atoms with Crippen LogP contribution in [0.25, 0.3) is 0 Å². The molecule has 21 heavy (non-hydrogen) atoms. The first-order valence-electron chi connectivity index (χ1n) is 6.31. The lowest BCUT2D eigenvalue weighted by Gasteiger charge is -2.23. The Morgan fingerprint density at radius 3 is 2.52 bits per heavy atom.